The van der Waals surface area contributed by atoms with Gasteiger partial charge in [0.15, 0.2) is 0 Å². The van der Waals surface area contributed by atoms with Crippen LogP contribution in [0.5, 0.6) is 0 Å². The number of nitrogens with one attached hydrogen (secondary N) is 3. The van der Waals surface area contributed by atoms with E-state index < -0.39 is 0 Å². The van der Waals surface area contributed by atoms with Crippen molar-refractivity contribution in [2.24, 2.45) is 0 Å². The summed E-state index contributed by atoms with van der Waals surface area (Å²) in [5.41, 5.74) is 4.90. The molecule has 3 N–H and O–H groups in total. The van der Waals surface area contributed by atoms with E-state index in [1.807, 2.05) is 60.9 Å². The summed E-state index contributed by atoms with van der Waals surface area (Å²) in [4.78, 5) is 15.8. The highest BCUT2D eigenvalue weighted by atomic mass is 32.2. The van der Waals surface area contributed by atoms with Gasteiger partial charge in [0.05, 0.1) is 28.7 Å². The van der Waals surface area contributed by atoms with E-state index in [1.165, 1.54) is 11.8 Å². The van der Waals surface area contributed by atoms with E-state index in [0.29, 0.717) is 10.9 Å². The van der Waals surface area contributed by atoms with Crippen LogP contribution in [0.25, 0.3) is 22.5 Å². The number of hydrogen-bond acceptors (Lipinski definition) is 5. The third-order valence-electron chi connectivity index (χ3n) is 4.80. The van der Waals surface area contributed by atoms with Gasteiger partial charge in [-0.2, -0.15) is 5.10 Å². The number of fused-ring (bicyclic) bond motifs is 3. The SMILES string of the molecule is CSc1n[n+]2c(c(=O)[nH]1)-c1ccccc1N[C@H]2c1cn[nH]c1-c1ccccc1. The molecular weight excluding hydrogens is 372 g/mol. The maximum absolute atomic E-state index is 12.9. The zero-order chi connectivity index (χ0) is 19.1. The lowest BCUT2D eigenvalue weighted by atomic mass is 10.0. The Bertz CT molecular complexity index is 1220. The van der Waals surface area contributed by atoms with E-state index in [4.69, 9.17) is 0 Å². The summed E-state index contributed by atoms with van der Waals surface area (Å²) < 4.78 is 1.75. The molecule has 0 saturated carbocycles. The predicted molar refractivity (Wildman–Crippen MR) is 108 cm³/mol. The van der Waals surface area contributed by atoms with Crippen LogP contribution in [0, 0.1) is 0 Å². The number of thioether (sulfide) groups is 1. The van der Waals surface area contributed by atoms with Gasteiger partial charge in [0.25, 0.3) is 6.17 Å². The van der Waals surface area contributed by atoms with Crippen LogP contribution in [-0.2, 0) is 0 Å². The monoisotopic (exact) mass is 389 g/mol. The molecule has 5 rings (SSSR count). The minimum absolute atomic E-state index is 0.164. The lowest BCUT2D eigenvalue weighted by molar-refractivity contribution is -0.759. The molecule has 8 heteroatoms. The van der Waals surface area contributed by atoms with Gasteiger partial charge in [-0.1, -0.05) is 54.2 Å². The standard InChI is InChI=1S/C20H16N6OS/c1-28-20-23-19(27)17-13-9-5-6-10-15(13)22-18(26(17)25-20)14-11-21-24-16(14)12-7-3-2-4-8-12/h2-11,18H,1H3,(H2,21,23,24,25,27)/p+1/t18-/m1/s1. The number of aromatic amines is 2. The van der Waals surface area contributed by atoms with Crippen LogP contribution in [0.3, 0.4) is 0 Å². The summed E-state index contributed by atoms with van der Waals surface area (Å²) in [6.45, 7) is 0. The van der Waals surface area contributed by atoms with Crippen LogP contribution >= 0.6 is 11.8 Å². The number of anilines is 1. The third kappa shape index (κ3) is 2.61. The van der Waals surface area contributed by atoms with Crippen LogP contribution in [0.2, 0.25) is 0 Å². The molecule has 0 radical (unpaired) electrons. The zero-order valence-electron chi connectivity index (χ0n) is 15.0. The van der Waals surface area contributed by atoms with Gasteiger partial charge < -0.3 is 5.32 Å². The number of hydrogen-bond donors (Lipinski definition) is 3. The first-order valence-corrected chi connectivity index (χ1v) is 10.0. The molecule has 3 heterocycles. The number of benzene rings is 2. The zero-order valence-corrected chi connectivity index (χ0v) is 15.8. The topological polar surface area (TPSA) is 90.3 Å². The molecule has 0 spiro atoms. The van der Waals surface area contributed by atoms with Crippen molar-refractivity contribution in [3.8, 4) is 22.5 Å². The molecular formula is C20H17N6OS+. The highest BCUT2D eigenvalue weighted by molar-refractivity contribution is 7.98. The van der Waals surface area contributed by atoms with Crippen LogP contribution in [0.1, 0.15) is 11.7 Å². The van der Waals surface area contributed by atoms with Gasteiger partial charge in [0.1, 0.15) is 0 Å². The Balaban J connectivity index is 1.75. The molecule has 0 aliphatic carbocycles. The number of para-hydroxylation sites is 1. The highest BCUT2D eigenvalue weighted by Gasteiger charge is 2.39. The normalized spacial score (nSPS) is 14.8. The molecule has 1 atom stereocenters. The van der Waals surface area contributed by atoms with E-state index in [9.17, 15) is 4.79 Å². The van der Waals surface area contributed by atoms with Crippen LogP contribution < -0.4 is 15.6 Å². The fraction of sp³-hybridized carbons (Fsp3) is 0.100. The number of rotatable bonds is 3. The van der Waals surface area contributed by atoms with E-state index in [2.05, 4.69) is 25.6 Å². The van der Waals surface area contributed by atoms with Crippen molar-refractivity contribution in [1.82, 2.24) is 20.3 Å². The molecule has 138 valence electrons. The molecule has 2 aromatic heterocycles. The average Bonchev–Trinajstić information content (AvgIpc) is 3.23. The minimum atomic E-state index is -0.368. The van der Waals surface area contributed by atoms with Crippen LogP contribution in [0.4, 0.5) is 5.69 Å². The van der Waals surface area contributed by atoms with Crippen molar-refractivity contribution >= 4 is 17.4 Å². The van der Waals surface area contributed by atoms with Crippen molar-refractivity contribution in [2.45, 2.75) is 11.3 Å². The number of aromatic nitrogens is 5. The number of nitrogens with zero attached hydrogens (tertiary/aromatic N) is 3. The first-order chi connectivity index (χ1) is 13.8. The smallest absolute Gasteiger partial charge is 0.321 e. The lowest BCUT2D eigenvalue weighted by Crippen LogP contribution is -2.55. The highest BCUT2D eigenvalue weighted by Crippen LogP contribution is 2.34. The van der Waals surface area contributed by atoms with Gasteiger partial charge in [-0.3, -0.25) is 14.9 Å². The summed E-state index contributed by atoms with van der Waals surface area (Å²) in [6, 6.07) is 17.8. The van der Waals surface area contributed by atoms with Gasteiger partial charge in [0.2, 0.25) is 5.16 Å². The molecule has 28 heavy (non-hydrogen) atoms. The largest absolute Gasteiger partial charge is 0.325 e. The van der Waals surface area contributed by atoms with Crippen molar-refractivity contribution in [1.29, 1.82) is 0 Å². The maximum Gasteiger partial charge on any atom is 0.325 e. The van der Waals surface area contributed by atoms with Crippen LogP contribution in [0.15, 0.2) is 70.7 Å². The fourth-order valence-electron chi connectivity index (χ4n) is 3.53. The Hall–Kier alpha value is -3.39. The summed E-state index contributed by atoms with van der Waals surface area (Å²) >= 11 is 1.40. The Labute approximate surface area is 164 Å². The second kappa shape index (κ2) is 6.65. The lowest BCUT2D eigenvalue weighted by Gasteiger charge is -2.22. The molecule has 0 unspecified atom stereocenters. The molecule has 7 nitrogen and oxygen atoms in total. The summed E-state index contributed by atoms with van der Waals surface area (Å²) in [6.07, 6.45) is 3.30. The molecule has 0 bridgehead atoms. The molecule has 1 aliphatic rings. The Morgan fingerprint density at radius 3 is 2.68 bits per heavy atom. The minimum Gasteiger partial charge on any atom is -0.321 e. The molecule has 0 saturated heterocycles. The third-order valence-corrected chi connectivity index (χ3v) is 5.37. The van der Waals surface area contributed by atoms with E-state index >= 15 is 0 Å². The van der Waals surface area contributed by atoms with Crippen LogP contribution in [-0.4, -0.2) is 26.5 Å². The fourth-order valence-corrected chi connectivity index (χ4v) is 3.89. The number of H-pyrrole nitrogens is 2. The molecule has 4 aromatic rings. The van der Waals surface area contributed by atoms with Gasteiger partial charge in [-0.05, 0) is 23.1 Å². The second-order valence-corrected chi connectivity index (χ2v) is 7.21. The Morgan fingerprint density at radius 1 is 1.07 bits per heavy atom. The predicted octanol–water partition coefficient (Wildman–Crippen LogP) is 2.81. The maximum atomic E-state index is 12.9. The summed E-state index contributed by atoms with van der Waals surface area (Å²) in [5.74, 6) is 0. The van der Waals surface area contributed by atoms with Crippen molar-refractivity contribution in [2.75, 3.05) is 11.6 Å². The van der Waals surface area contributed by atoms with Gasteiger partial charge in [0, 0.05) is 10.7 Å². The van der Waals surface area contributed by atoms with Gasteiger partial charge in [-0.15, -0.1) is 0 Å². The average molecular weight is 389 g/mol. The van der Waals surface area contributed by atoms with Gasteiger partial charge in [-0.25, -0.2) is 0 Å². The Morgan fingerprint density at radius 2 is 1.86 bits per heavy atom. The van der Waals surface area contributed by atoms with E-state index in [-0.39, 0.29) is 11.7 Å². The molecule has 0 fully saturated rings. The van der Waals surface area contributed by atoms with Crippen molar-refractivity contribution in [3.05, 3.63) is 76.7 Å². The quantitative estimate of drug-likeness (QED) is 0.370. The Kier molecular flexibility index (Phi) is 3.98. The van der Waals surface area contributed by atoms with Crippen molar-refractivity contribution < 1.29 is 4.68 Å². The first kappa shape index (κ1) is 16.8. The second-order valence-electron chi connectivity index (χ2n) is 6.42. The molecule has 0 amide bonds. The van der Waals surface area contributed by atoms with Gasteiger partial charge >= 0.3 is 11.3 Å². The molecule has 2 aromatic carbocycles. The summed E-state index contributed by atoms with van der Waals surface area (Å²) in [7, 11) is 0. The first-order valence-electron chi connectivity index (χ1n) is 8.81. The van der Waals surface area contributed by atoms with Crippen molar-refractivity contribution in [3.63, 3.8) is 0 Å². The molecule has 1 aliphatic heterocycles. The van der Waals surface area contributed by atoms with E-state index in [1.54, 1.807) is 10.9 Å². The van der Waals surface area contributed by atoms with E-state index in [0.717, 1.165) is 28.1 Å². The summed E-state index contributed by atoms with van der Waals surface area (Å²) in [5, 5.41) is 16.1.